The summed E-state index contributed by atoms with van der Waals surface area (Å²) in [7, 11) is 1.59. The molecule has 0 spiro atoms. The molecule has 6 heteroatoms. The van der Waals surface area contributed by atoms with Crippen LogP contribution in [0, 0.1) is 0 Å². The summed E-state index contributed by atoms with van der Waals surface area (Å²) in [5, 5.41) is 2.94. The van der Waals surface area contributed by atoms with Crippen LogP contribution in [0.5, 0.6) is 5.75 Å². The molecule has 22 heavy (non-hydrogen) atoms. The van der Waals surface area contributed by atoms with Crippen LogP contribution in [0.1, 0.15) is 19.3 Å². The van der Waals surface area contributed by atoms with Gasteiger partial charge in [-0.15, -0.1) is 0 Å². The number of para-hydroxylation sites is 2. The second kappa shape index (κ2) is 6.98. The maximum Gasteiger partial charge on any atom is 0.322 e. The summed E-state index contributed by atoms with van der Waals surface area (Å²) in [6.45, 7) is 1.92. The molecule has 2 aliphatic heterocycles. The number of urea groups is 1. The molecule has 2 amide bonds. The molecule has 0 aromatic heterocycles. The van der Waals surface area contributed by atoms with Crippen molar-refractivity contribution in [1.29, 1.82) is 0 Å². The number of likely N-dealkylation sites (tertiary alicyclic amines) is 1. The molecule has 2 heterocycles. The summed E-state index contributed by atoms with van der Waals surface area (Å²) in [4.78, 5) is 14.5. The Hall–Kier alpha value is -1.79. The Balaban J connectivity index is 1.71. The number of rotatable bonds is 3. The zero-order valence-electron chi connectivity index (χ0n) is 12.8. The van der Waals surface area contributed by atoms with Gasteiger partial charge in [-0.05, 0) is 31.4 Å². The molecular formula is C16H22N2O4. The molecule has 1 unspecified atom stereocenters. The molecule has 2 aliphatic rings. The minimum Gasteiger partial charge on any atom is -0.495 e. The van der Waals surface area contributed by atoms with Gasteiger partial charge in [-0.3, -0.25) is 0 Å². The second-order valence-corrected chi connectivity index (χ2v) is 5.50. The fraction of sp³-hybridized carbons (Fsp3) is 0.562. The Bertz CT molecular complexity index is 517. The Labute approximate surface area is 130 Å². The van der Waals surface area contributed by atoms with Crippen molar-refractivity contribution in [2.75, 3.05) is 32.2 Å². The van der Waals surface area contributed by atoms with Gasteiger partial charge in [0.2, 0.25) is 0 Å². The number of anilines is 1. The minimum atomic E-state index is -0.302. The molecule has 0 saturated carbocycles. The molecule has 1 atom stereocenters. The number of ether oxygens (including phenoxy) is 3. The minimum absolute atomic E-state index is 0.0223. The second-order valence-electron chi connectivity index (χ2n) is 5.50. The van der Waals surface area contributed by atoms with Crippen LogP contribution < -0.4 is 10.1 Å². The summed E-state index contributed by atoms with van der Waals surface area (Å²) < 4.78 is 16.5. The normalized spacial score (nSPS) is 22.6. The van der Waals surface area contributed by atoms with Crippen LogP contribution in [-0.2, 0) is 9.47 Å². The third-order valence-electron chi connectivity index (χ3n) is 4.12. The number of nitrogens with zero attached hydrogens (tertiary/aromatic N) is 1. The molecule has 1 N–H and O–H groups in total. The van der Waals surface area contributed by atoms with E-state index in [9.17, 15) is 4.79 Å². The Morgan fingerprint density at radius 1 is 1.27 bits per heavy atom. The van der Waals surface area contributed by atoms with Gasteiger partial charge < -0.3 is 24.4 Å². The zero-order valence-corrected chi connectivity index (χ0v) is 12.8. The lowest BCUT2D eigenvalue weighted by molar-refractivity contribution is -0.0973. The van der Waals surface area contributed by atoms with Crippen molar-refractivity contribution in [3.05, 3.63) is 24.3 Å². The number of methoxy groups -OCH3 is 1. The molecule has 2 saturated heterocycles. The highest BCUT2D eigenvalue weighted by Crippen LogP contribution is 2.27. The molecule has 0 aliphatic carbocycles. The Morgan fingerprint density at radius 3 is 2.82 bits per heavy atom. The first kappa shape index (κ1) is 15.1. The van der Waals surface area contributed by atoms with E-state index < -0.39 is 0 Å². The van der Waals surface area contributed by atoms with E-state index in [1.54, 1.807) is 7.11 Å². The van der Waals surface area contributed by atoms with E-state index in [-0.39, 0.29) is 18.4 Å². The lowest BCUT2D eigenvalue weighted by atomic mass is 10.0. The van der Waals surface area contributed by atoms with Crippen molar-refractivity contribution < 1.29 is 19.0 Å². The van der Waals surface area contributed by atoms with Crippen LogP contribution in [0.2, 0.25) is 0 Å². The van der Waals surface area contributed by atoms with Gasteiger partial charge in [0.1, 0.15) is 5.75 Å². The fourth-order valence-electron chi connectivity index (χ4n) is 3.03. The first-order valence-corrected chi connectivity index (χ1v) is 7.73. The molecule has 0 radical (unpaired) electrons. The molecular weight excluding hydrogens is 284 g/mol. The molecule has 1 aromatic rings. The van der Waals surface area contributed by atoms with Crippen LogP contribution in [-0.4, -0.2) is 50.1 Å². The molecule has 0 bridgehead atoms. The van der Waals surface area contributed by atoms with Crippen molar-refractivity contribution >= 4 is 11.7 Å². The SMILES string of the molecule is COc1ccccc1NC(=O)N1CCCCC1C1OCCO1. The van der Waals surface area contributed by atoms with Gasteiger partial charge in [0, 0.05) is 6.54 Å². The van der Waals surface area contributed by atoms with Gasteiger partial charge in [-0.25, -0.2) is 4.79 Å². The predicted octanol–water partition coefficient (Wildman–Crippen LogP) is 2.45. The monoisotopic (exact) mass is 306 g/mol. The Morgan fingerprint density at radius 2 is 2.05 bits per heavy atom. The third-order valence-corrected chi connectivity index (χ3v) is 4.12. The van der Waals surface area contributed by atoms with Crippen LogP contribution >= 0.6 is 0 Å². The van der Waals surface area contributed by atoms with E-state index in [2.05, 4.69) is 5.32 Å². The van der Waals surface area contributed by atoms with Crippen molar-refractivity contribution in [1.82, 2.24) is 4.90 Å². The van der Waals surface area contributed by atoms with E-state index >= 15 is 0 Å². The van der Waals surface area contributed by atoms with Crippen molar-refractivity contribution in [2.45, 2.75) is 31.6 Å². The highest BCUT2D eigenvalue weighted by atomic mass is 16.7. The Kier molecular flexibility index (Phi) is 4.80. The summed E-state index contributed by atoms with van der Waals surface area (Å²) >= 11 is 0. The fourth-order valence-corrected chi connectivity index (χ4v) is 3.03. The largest absolute Gasteiger partial charge is 0.495 e. The number of piperidine rings is 1. The van der Waals surface area contributed by atoms with E-state index in [4.69, 9.17) is 14.2 Å². The van der Waals surface area contributed by atoms with E-state index in [0.29, 0.717) is 24.7 Å². The van der Waals surface area contributed by atoms with E-state index in [0.717, 1.165) is 25.8 Å². The van der Waals surface area contributed by atoms with Crippen LogP contribution in [0.3, 0.4) is 0 Å². The van der Waals surface area contributed by atoms with Crippen molar-refractivity contribution in [3.8, 4) is 5.75 Å². The average Bonchev–Trinajstić information content (AvgIpc) is 3.09. The average molecular weight is 306 g/mol. The first-order chi connectivity index (χ1) is 10.8. The van der Waals surface area contributed by atoms with Crippen LogP contribution in [0.25, 0.3) is 0 Å². The molecule has 2 fully saturated rings. The van der Waals surface area contributed by atoms with Gasteiger partial charge in [0.05, 0.1) is 32.1 Å². The van der Waals surface area contributed by atoms with Gasteiger partial charge in [0.15, 0.2) is 6.29 Å². The zero-order chi connectivity index (χ0) is 15.4. The maximum absolute atomic E-state index is 12.7. The number of hydrogen-bond acceptors (Lipinski definition) is 4. The first-order valence-electron chi connectivity index (χ1n) is 7.73. The number of carbonyl (C=O) groups is 1. The van der Waals surface area contributed by atoms with E-state index in [1.807, 2.05) is 29.2 Å². The van der Waals surface area contributed by atoms with Gasteiger partial charge in [-0.2, -0.15) is 0 Å². The van der Waals surface area contributed by atoms with Crippen LogP contribution in [0.15, 0.2) is 24.3 Å². The summed E-state index contributed by atoms with van der Waals surface area (Å²) in [5.41, 5.74) is 0.674. The van der Waals surface area contributed by atoms with Crippen molar-refractivity contribution in [2.24, 2.45) is 0 Å². The van der Waals surface area contributed by atoms with Gasteiger partial charge in [-0.1, -0.05) is 12.1 Å². The molecule has 6 nitrogen and oxygen atoms in total. The van der Waals surface area contributed by atoms with Crippen molar-refractivity contribution in [3.63, 3.8) is 0 Å². The van der Waals surface area contributed by atoms with Gasteiger partial charge in [0.25, 0.3) is 0 Å². The topological polar surface area (TPSA) is 60.0 Å². The number of nitrogens with one attached hydrogen (secondary N) is 1. The number of hydrogen-bond donors (Lipinski definition) is 1. The molecule has 120 valence electrons. The smallest absolute Gasteiger partial charge is 0.322 e. The lowest BCUT2D eigenvalue weighted by Crippen LogP contribution is -2.51. The molecule has 3 rings (SSSR count). The highest BCUT2D eigenvalue weighted by Gasteiger charge is 2.36. The molecule has 1 aromatic carbocycles. The number of carbonyl (C=O) groups excluding carboxylic acids is 1. The highest BCUT2D eigenvalue weighted by molar-refractivity contribution is 5.91. The maximum atomic E-state index is 12.7. The van der Waals surface area contributed by atoms with E-state index in [1.165, 1.54) is 0 Å². The number of benzene rings is 1. The number of amides is 2. The quantitative estimate of drug-likeness (QED) is 0.932. The third kappa shape index (κ3) is 3.18. The lowest BCUT2D eigenvalue weighted by Gasteiger charge is -2.37. The standard InChI is InChI=1S/C16H22N2O4/c1-20-14-8-3-2-6-12(14)17-16(19)18-9-5-4-7-13(18)15-21-10-11-22-15/h2-3,6,8,13,15H,4-5,7,9-11H2,1H3,(H,17,19). The predicted molar refractivity (Wildman–Crippen MR) is 82.0 cm³/mol. The summed E-state index contributed by atoms with van der Waals surface area (Å²) in [6, 6.07) is 7.25. The van der Waals surface area contributed by atoms with Gasteiger partial charge >= 0.3 is 6.03 Å². The summed E-state index contributed by atoms with van der Waals surface area (Å²) in [5.74, 6) is 0.651. The summed E-state index contributed by atoms with van der Waals surface area (Å²) in [6.07, 6.45) is 2.70. The van der Waals surface area contributed by atoms with Crippen LogP contribution in [0.4, 0.5) is 10.5 Å².